The first-order valence-corrected chi connectivity index (χ1v) is 6.68. The standard InChI is InChI=1S/C15H17N3O/c1-2-17-13-7-9-18(15(13)19)14-5-3-4-11-6-8-16-10-12(11)14/h3-6,8,10,13,17H,2,7,9H2,1H3. The molecule has 98 valence electrons. The number of nitrogens with one attached hydrogen (secondary N) is 1. The predicted molar refractivity (Wildman–Crippen MR) is 76.2 cm³/mol. The van der Waals surface area contributed by atoms with E-state index in [9.17, 15) is 4.79 Å². The molecule has 4 heteroatoms. The lowest BCUT2D eigenvalue weighted by Crippen LogP contribution is -2.38. The van der Waals surface area contributed by atoms with Crippen molar-refractivity contribution in [3.63, 3.8) is 0 Å². The van der Waals surface area contributed by atoms with Crippen molar-refractivity contribution in [1.82, 2.24) is 10.3 Å². The highest BCUT2D eigenvalue weighted by molar-refractivity contribution is 6.06. The molecule has 0 saturated carbocycles. The van der Waals surface area contributed by atoms with Gasteiger partial charge in [-0.1, -0.05) is 19.1 Å². The average Bonchev–Trinajstić information content (AvgIpc) is 2.80. The molecule has 0 radical (unpaired) electrons. The SMILES string of the molecule is CCNC1CCN(c2cccc3ccncc23)C1=O. The molecule has 2 heterocycles. The van der Waals surface area contributed by atoms with Gasteiger partial charge >= 0.3 is 0 Å². The van der Waals surface area contributed by atoms with Crippen LogP contribution in [-0.2, 0) is 4.79 Å². The molecule has 1 saturated heterocycles. The van der Waals surface area contributed by atoms with E-state index in [0.717, 1.165) is 36.0 Å². The zero-order valence-electron chi connectivity index (χ0n) is 11.0. The summed E-state index contributed by atoms with van der Waals surface area (Å²) in [4.78, 5) is 18.4. The number of aromatic nitrogens is 1. The Morgan fingerprint density at radius 3 is 3.16 bits per heavy atom. The summed E-state index contributed by atoms with van der Waals surface area (Å²) in [6.07, 6.45) is 4.47. The number of hydrogen-bond acceptors (Lipinski definition) is 3. The fourth-order valence-corrected chi connectivity index (χ4v) is 2.69. The van der Waals surface area contributed by atoms with Gasteiger partial charge in [0.2, 0.25) is 5.91 Å². The molecule has 1 aliphatic rings. The van der Waals surface area contributed by atoms with E-state index in [-0.39, 0.29) is 11.9 Å². The van der Waals surface area contributed by atoms with E-state index in [4.69, 9.17) is 0 Å². The smallest absolute Gasteiger partial charge is 0.244 e. The summed E-state index contributed by atoms with van der Waals surface area (Å²) in [6, 6.07) is 7.96. The molecule has 0 aliphatic carbocycles. The normalized spacial score (nSPS) is 19.3. The number of likely N-dealkylation sites (N-methyl/N-ethyl adjacent to an activating group) is 1. The zero-order valence-corrected chi connectivity index (χ0v) is 11.0. The van der Waals surface area contributed by atoms with E-state index in [1.54, 1.807) is 6.20 Å². The van der Waals surface area contributed by atoms with Gasteiger partial charge in [-0.05, 0) is 30.5 Å². The zero-order chi connectivity index (χ0) is 13.2. The highest BCUT2D eigenvalue weighted by atomic mass is 16.2. The van der Waals surface area contributed by atoms with Crippen molar-refractivity contribution in [3.05, 3.63) is 36.7 Å². The summed E-state index contributed by atoms with van der Waals surface area (Å²) in [6.45, 7) is 3.61. The van der Waals surface area contributed by atoms with Crippen LogP contribution in [0.5, 0.6) is 0 Å². The third-order valence-corrected chi connectivity index (χ3v) is 3.61. The lowest BCUT2D eigenvalue weighted by molar-refractivity contribution is -0.118. The van der Waals surface area contributed by atoms with Crippen molar-refractivity contribution in [2.24, 2.45) is 0 Å². The molecule has 2 aromatic rings. The number of hydrogen-bond donors (Lipinski definition) is 1. The van der Waals surface area contributed by atoms with Gasteiger partial charge in [0.05, 0.1) is 11.7 Å². The third-order valence-electron chi connectivity index (χ3n) is 3.61. The minimum absolute atomic E-state index is 0.0445. The Balaban J connectivity index is 1.99. The first-order valence-electron chi connectivity index (χ1n) is 6.68. The van der Waals surface area contributed by atoms with Crippen LogP contribution in [-0.4, -0.2) is 30.0 Å². The summed E-state index contributed by atoms with van der Waals surface area (Å²) in [5, 5.41) is 5.39. The molecule has 1 unspecified atom stereocenters. The number of nitrogens with zero attached hydrogens (tertiary/aromatic N) is 2. The van der Waals surface area contributed by atoms with Gasteiger partial charge in [0.25, 0.3) is 0 Å². The highest BCUT2D eigenvalue weighted by Gasteiger charge is 2.32. The van der Waals surface area contributed by atoms with Gasteiger partial charge in [-0.3, -0.25) is 9.78 Å². The maximum Gasteiger partial charge on any atom is 0.244 e. The molecule has 3 rings (SSSR count). The number of benzene rings is 1. The van der Waals surface area contributed by atoms with Crippen LogP contribution in [0.4, 0.5) is 5.69 Å². The number of carbonyl (C=O) groups is 1. The molecule has 1 amide bonds. The highest BCUT2D eigenvalue weighted by Crippen LogP contribution is 2.29. The van der Waals surface area contributed by atoms with E-state index in [2.05, 4.69) is 10.3 Å². The third kappa shape index (κ3) is 2.08. The first-order chi connectivity index (χ1) is 9.31. The summed E-state index contributed by atoms with van der Waals surface area (Å²) < 4.78 is 0. The van der Waals surface area contributed by atoms with Gasteiger partial charge in [-0.2, -0.15) is 0 Å². The fourth-order valence-electron chi connectivity index (χ4n) is 2.69. The Labute approximate surface area is 112 Å². The number of carbonyl (C=O) groups excluding carboxylic acids is 1. The predicted octanol–water partition coefficient (Wildman–Crippen LogP) is 1.95. The molecular weight excluding hydrogens is 238 g/mol. The van der Waals surface area contributed by atoms with E-state index >= 15 is 0 Å². The van der Waals surface area contributed by atoms with Crippen LogP contribution in [0.2, 0.25) is 0 Å². The van der Waals surface area contributed by atoms with Crippen molar-refractivity contribution < 1.29 is 4.79 Å². The molecule has 19 heavy (non-hydrogen) atoms. The monoisotopic (exact) mass is 255 g/mol. The van der Waals surface area contributed by atoms with Crippen molar-refractivity contribution in [2.45, 2.75) is 19.4 Å². The van der Waals surface area contributed by atoms with Gasteiger partial charge in [-0.15, -0.1) is 0 Å². The van der Waals surface area contributed by atoms with Crippen LogP contribution in [0.3, 0.4) is 0 Å². The molecule has 1 aromatic heterocycles. The van der Waals surface area contributed by atoms with Crippen LogP contribution in [0, 0.1) is 0 Å². The van der Waals surface area contributed by atoms with Crippen molar-refractivity contribution >= 4 is 22.4 Å². The number of fused-ring (bicyclic) bond motifs is 1. The first kappa shape index (κ1) is 12.1. The van der Waals surface area contributed by atoms with E-state index in [0.29, 0.717) is 0 Å². The van der Waals surface area contributed by atoms with Crippen LogP contribution in [0.25, 0.3) is 10.8 Å². The molecule has 0 spiro atoms. The second-order valence-corrected chi connectivity index (χ2v) is 4.76. The maximum atomic E-state index is 12.4. The Kier molecular flexibility index (Phi) is 3.17. The summed E-state index contributed by atoms with van der Waals surface area (Å²) in [7, 11) is 0. The van der Waals surface area contributed by atoms with Crippen LogP contribution >= 0.6 is 0 Å². The maximum absolute atomic E-state index is 12.4. The fraction of sp³-hybridized carbons (Fsp3) is 0.333. The Morgan fingerprint density at radius 2 is 2.32 bits per heavy atom. The van der Waals surface area contributed by atoms with E-state index in [1.807, 2.05) is 42.3 Å². The lowest BCUT2D eigenvalue weighted by Gasteiger charge is -2.19. The van der Waals surface area contributed by atoms with Gasteiger partial charge in [0, 0.05) is 24.3 Å². The minimum atomic E-state index is -0.0445. The van der Waals surface area contributed by atoms with E-state index < -0.39 is 0 Å². The summed E-state index contributed by atoms with van der Waals surface area (Å²) >= 11 is 0. The van der Waals surface area contributed by atoms with Crippen LogP contribution < -0.4 is 10.2 Å². The Morgan fingerprint density at radius 1 is 1.42 bits per heavy atom. The van der Waals surface area contributed by atoms with Crippen molar-refractivity contribution in [1.29, 1.82) is 0 Å². The van der Waals surface area contributed by atoms with Crippen LogP contribution in [0.1, 0.15) is 13.3 Å². The Hall–Kier alpha value is -1.94. The molecular formula is C15H17N3O. The van der Waals surface area contributed by atoms with Gasteiger partial charge < -0.3 is 10.2 Å². The number of anilines is 1. The molecule has 1 aromatic carbocycles. The van der Waals surface area contributed by atoms with Gasteiger partial charge in [-0.25, -0.2) is 0 Å². The second kappa shape index (κ2) is 4.97. The second-order valence-electron chi connectivity index (χ2n) is 4.76. The molecule has 1 N–H and O–H groups in total. The van der Waals surface area contributed by atoms with Gasteiger partial charge in [0.1, 0.15) is 0 Å². The van der Waals surface area contributed by atoms with Crippen molar-refractivity contribution in [2.75, 3.05) is 18.0 Å². The lowest BCUT2D eigenvalue weighted by atomic mass is 10.1. The molecule has 4 nitrogen and oxygen atoms in total. The quantitative estimate of drug-likeness (QED) is 0.911. The average molecular weight is 255 g/mol. The molecule has 1 aliphatic heterocycles. The van der Waals surface area contributed by atoms with Crippen LogP contribution in [0.15, 0.2) is 36.7 Å². The Bertz CT molecular complexity index is 606. The topological polar surface area (TPSA) is 45.2 Å². The number of amides is 1. The summed E-state index contributed by atoms with van der Waals surface area (Å²) in [5.41, 5.74) is 0.969. The van der Waals surface area contributed by atoms with Crippen molar-refractivity contribution in [3.8, 4) is 0 Å². The van der Waals surface area contributed by atoms with Gasteiger partial charge in [0.15, 0.2) is 0 Å². The summed E-state index contributed by atoms with van der Waals surface area (Å²) in [5.74, 6) is 0.165. The molecule has 0 bridgehead atoms. The number of rotatable bonds is 3. The molecule has 1 fully saturated rings. The largest absolute Gasteiger partial charge is 0.310 e. The van der Waals surface area contributed by atoms with E-state index in [1.165, 1.54) is 0 Å². The minimum Gasteiger partial charge on any atom is -0.310 e. The number of pyridine rings is 1. The molecule has 1 atom stereocenters.